The van der Waals surface area contributed by atoms with Crippen molar-refractivity contribution in [1.82, 2.24) is 9.80 Å². The van der Waals surface area contributed by atoms with Crippen molar-refractivity contribution in [1.29, 1.82) is 0 Å². The molecule has 0 unspecified atom stereocenters. The SMILES string of the molecule is COc1ccc(Cl)cc1NC(=O)CCN1CCN(C(=O)c2ccc(C(C)C)cc2)CC1. The van der Waals surface area contributed by atoms with Gasteiger partial charge >= 0.3 is 0 Å². The largest absolute Gasteiger partial charge is 0.495 e. The second kappa shape index (κ2) is 10.6. The second-order valence-electron chi connectivity index (χ2n) is 8.05. The molecule has 166 valence electrons. The van der Waals surface area contributed by atoms with Crippen molar-refractivity contribution in [2.75, 3.05) is 45.2 Å². The molecule has 31 heavy (non-hydrogen) atoms. The Hall–Kier alpha value is -2.57. The van der Waals surface area contributed by atoms with Gasteiger partial charge in [0, 0.05) is 49.7 Å². The first-order valence-electron chi connectivity index (χ1n) is 10.6. The van der Waals surface area contributed by atoms with Crippen LogP contribution in [0.4, 0.5) is 5.69 Å². The summed E-state index contributed by atoms with van der Waals surface area (Å²) in [4.78, 5) is 29.2. The van der Waals surface area contributed by atoms with Gasteiger partial charge in [0.2, 0.25) is 5.91 Å². The summed E-state index contributed by atoms with van der Waals surface area (Å²) < 4.78 is 5.26. The lowest BCUT2D eigenvalue weighted by molar-refractivity contribution is -0.116. The molecular formula is C24H30ClN3O3. The number of hydrogen-bond donors (Lipinski definition) is 1. The van der Waals surface area contributed by atoms with E-state index >= 15 is 0 Å². The molecule has 1 aliphatic rings. The summed E-state index contributed by atoms with van der Waals surface area (Å²) in [7, 11) is 1.55. The number of rotatable bonds is 7. The number of piperazine rings is 1. The number of carbonyl (C=O) groups is 2. The predicted molar refractivity (Wildman–Crippen MR) is 124 cm³/mol. The second-order valence-corrected chi connectivity index (χ2v) is 8.49. The molecule has 6 nitrogen and oxygen atoms in total. The molecule has 0 bridgehead atoms. The molecule has 2 amide bonds. The Bertz CT molecular complexity index is 907. The van der Waals surface area contributed by atoms with Gasteiger partial charge in [0.15, 0.2) is 0 Å². The highest BCUT2D eigenvalue weighted by Crippen LogP contribution is 2.27. The van der Waals surface area contributed by atoms with Crippen LogP contribution >= 0.6 is 11.6 Å². The van der Waals surface area contributed by atoms with Crippen LogP contribution in [-0.2, 0) is 4.79 Å². The summed E-state index contributed by atoms with van der Waals surface area (Å²) >= 11 is 6.01. The fourth-order valence-electron chi connectivity index (χ4n) is 3.62. The Morgan fingerprint density at radius 1 is 1.06 bits per heavy atom. The van der Waals surface area contributed by atoms with E-state index in [1.807, 2.05) is 29.2 Å². The van der Waals surface area contributed by atoms with E-state index in [0.717, 1.165) is 18.7 Å². The van der Waals surface area contributed by atoms with Crippen LogP contribution in [0.5, 0.6) is 5.75 Å². The number of hydrogen-bond acceptors (Lipinski definition) is 4. The van der Waals surface area contributed by atoms with Gasteiger partial charge in [-0.15, -0.1) is 0 Å². The molecular weight excluding hydrogens is 414 g/mol. The van der Waals surface area contributed by atoms with Crippen LogP contribution < -0.4 is 10.1 Å². The van der Waals surface area contributed by atoms with E-state index in [1.165, 1.54) is 5.56 Å². The molecule has 0 aromatic heterocycles. The topological polar surface area (TPSA) is 61.9 Å². The highest BCUT2D eigenvalue weighted by atomic mass is 35.5. The standard InChI is InChI=1S/C24H30ClN3O3/c1-17(2)18-4-6-19(7-5-18)24(30)28-14-12-27(13-15-28)11-10-23(29)26-21-16-20(25)8-9-22(21)31-3/h4-9,16-17H,10-15H2,1-3H3,(H,26,29). The van der Waals surface area contributed by atoms with Gasteiger partial charge in [-0.05, 0) is 41.8 Å². The molecule has 1 saturated heterocycles. The minimum atomic E-state index is -0.0932. The van der Waals surface area contributed by atoms with Crippen LogP contribution in [0, 0.1) is 0 Å². The molecule has 0 spiro atoms. The van der Waals surface area contributed by atoms with Gasteiger partial charge in [-0.3, -0.25) is 14.5 Å². The summed E-state index contributed by atoms with van der Waals surface area (Å²) in [6.45, 7) is 7.75. The maximum absolute atomic E-state index is 12.8. The summed E-state index contributed by atoms with van der Waals surface area (Å²) in [6, 6.07) is 13.0. The van der Waals surface area contributed by atoms with Gasteiger partial charge in [-0.1, -0.05) is 37.6 Å². The fraction of sp³-hybridized carbons (Fsp3) is 0.417. The van der Waals surface area contributed by atoms with Crippen LogP contribution in [0.1, 0.15) is 42.1 Å². The maximum atomic E-state index is 12.8. The van der Waals surface area contributed by atoms with E-state index < -0.39 is 0 Å². The third-order valence-corrected chi connectivity index (χ3v) is 5.81. The molecule has 0 saturated carbocycles. The Morgan fingerprint density at radius 2 is 1.74 bits per heavy atom. The minimum Gasteiger partial charge on any atom is -0.495 e. The molecule has 3 rings (SSSR count). The predicted octanol–water partition coefficient (Wildman–Crippen LogP) is 4.26. The molecule has 1 aliphatic heterocycles. The number of anilines is 1. The fourth-order valence-corrected chi connectivity index (χ4v) is 3.79. The lowest BCUT2D eigenvalue weighted by Gasteiger charge is -2.34. The Morgan fingerprint density at radius 3 is 2.35 bits per heavy atom. The van der Waals surface area contributed by atoms with E-state index in [2.05, 4.69) is 24.1 Å². The molecule has 7 heteroatoms. The molecule has 2 aromatic carbocycles. The molecule has 1 N–H and O–H groups in total. The van der Waals surface area contributed by atoms with Crippen LogP contribution in [0.2, 0.25) is 5.02 Å². The van der Waals surface area contributed by atoms with Gasteiger partial charge in [0.1, 0.15) is 5.75 Å². The minimum absolute atomic E-state index is 0.0701. The highest BCUT2D eigenvalue weighted by Gasteiger charge is 2.22. The van der Waals surface area contributed by atoms with Crippen molar-refractivity contribution in [3.05, 3.63) is 58.6 Å². The number of amides is 2. The number of nitrogens with zero attached hydrogens (tertiary/aromatic N) is 2. The van der Waals surface area contributed by atoms with Gasteiger partial charge in [-0.25, -0.2) is 0 Å². The van der Waals surface area contributed by atoms with E-state index in [9.17, 15) is 9.59 Å². The number of halogens is 1. The Labute approximate surface area is 189 Å². The molecule has 0 atom stereocenters. The zero-order valence-electron chi connectivity index (χ0n) is 18.4. The molecule has 0 aliphatic carbocycles. The van der Waals surface area contributed by atoms with Crippen LogP contribution in [0.15, 0.2) is 42.5 Å². The van der Waals surface area contributed by atoms with Crippen molar-refractivity contribution in [2.24, 2.45) is 0 Å². The molecule has 0 radical (unpaired) electrons. The van der Waals surface area contributed by atoms with Gasteiger partial charge in [-0.2, -0.15) is 0 Å². The third kappa shape index (κ3) is 6.21. The molecule has 1 fully saturated rings. The average molecular weight is 444 g/mol. The Balaban J connectivity index is 1.45. The monoisotopic (exact) mass is 443 g/mol. The first-order chi connectivity index (χ1) is 14.9. The first-order valence-corrected chi connectivity index (χ1v) is 11.0. The van der Waals surface area contributed by atoms with E-state index in [0.29, 0.717) is 48.4 Å². The average Bonchev–Trinajstić information content (AvgIpc) is 2.78. The smallest absolute Gasteiger partial charge is 0.253 e. The highest BCUT2D eigenvalue weighted by molar-refractivity contribution is 6.31. The maximum Gasteiger partial charge on any atom is 0.253 e. The van der Waals surface area contributed by atoms with Gasteiger partial charge in [0.05, 0.1) is 12.8 Å². The zero-order valence-corrected chi connectivity index (χ0v) is 19.1. The summed E-state index contributed by atoms with van der Waals surface area (Å²) in [5, 5.41) is 3.40. The number of nitrogens with one attached hydrogen (secondary N) is 1. The van der Waals surface area contributed by atoms with Crippen molar-refractivity contribution in [2.45, 2.75) is 26.2 Å². The number of benzene rings is 2. The van der Waals surface area contributed by atoms with E-state index in [4.69, 9.17) is 16.3 Å². The van der Waals surface area contributed by atoms with Gasteiger partial charge < -0.3 is 15.0 Å². The van der Waals surface area contributed by atoms with Crippen molar-refractivity contribution >= 4 is 29.1 Å². The van der Waals surface area contributed by atoms with E-state index in [-0.39, 0.29) is 11.8 Å². The van der Waals surface area contributed by atoms with Crippen LogP contribution in [-0.4, -0.2) is 61.4 Å². The zero-order chi connectivity index (χ0) is 22.4. The quantitative estimate of drug-likeness (QED) is 0.694. The van der Waals surface area contributed by atoms with Crippen molar-refractivity contribution in [3.63, 3.8) is 0 Å². The normalized spacial score (nSPS) is 14.5. The lowest BCUT2D eigenvalue weighted by Crippen LogP contribution is -2.49. The summed E-state index contributed by atoms with van der Waals surface area (Å²) in [5.41, 5.74) is 2.53. The lowest BCUT2D eigenvalue weighted by atomic mass is 10.0. The number of carbonyl (C=O) groups excluding carboxylic acids is 2. The van der Waals surface area contributed by atoms with E-state index in [1.54, 1.807) is 25.3 Å². The van der Waals surface area contributed by atoms with Crippen LogP contribution in [0.3, 0.4) is 0 Å². The van der Waals surface area contributed by atoms with Crippen LogP contribution in [0.25, 0.3) is 0 Å². The number of ether oxygens (including phenoxy) is 1. The first kappa shape index (κ1) is 23.1. The van der Waals surface area contributed by atoms with Gasteiger partial charge in [0.25, 0.3) is 5.91 Å². The Kier molecular flexibility index (Phi) is 7.93. The number of methoxy groups -OCH3 is 1. The molecule has 1 heterocycles. The summed E-state index contributed by atoms with van der Waals surface area (Å²) in [6.07, 6.45) is 0.361. The third-order valence-electron chi connectivity index (χ3n) is 5.57. The summed E-state index contributed by atoms with van der Waals surface area (Å²) in [5.74, 6) is 1.00. The van der Waals surface area contributed by atoms with Crippen molar-refractivity contribution < 1.29 is 14.3 Å². The molecule has 2 aromatic rings. The van der Waals surface area contributed by atoms with Crippen molar-refractivity contribution in [3.8, 4) is 5.75 Å².